The first kappa shape index (κ1) is 15.8. The predicted octanol–water partition coefficient (Wildman–Crippen LogP) is 1.66. The van der Waals surface area contributed by atoms with Crippen molar-refractivity contribution >= 4 is 9.84 Å². The zero-order chi connectivity index (χ0) is 15.0. The van der Waals surface area contributed by atoms with Crippen molar-refractivity contribution in [2.45, 2.75) is 64.1 Å². The van der Waals surface area contributed by atoms with Crippen molar-refractivity contribution in [2.24, 2.45) is 11.8 Å². The highest BCUT2D eigenvalue weighted by atomic mass is 32.2. The minimum absolute atomic E-state index is 0.197. The Hall–Kier alpha value is -0.130. The summed E-state index contributed by atoms with van der Waals surface area (Å²) < 4.78 is 23.7. The lowest BCUT2D eigenvalue weighted by Gasteiger charge is -2.50. The molecule has 3 unspecified atom stereocenters. The smallest absolute Gasteiger partial charge is 0.151 e. The highest BCUT2D eigenvalue weighted by Gasteiger charge is 2.41. The van der Waals surface area contributed by atoms with Gasteiger partial charge in [0.2, 0.25) is 0 Å². The lowest BCUT2D eigenvalue weighted by atomic mass is 9.73. The molecule has 1 saturated carbocycles. The molecule has 0 radical (unpaired) electrons. The standard InChI is InChI=1S/C16H30N2O2S/c1-12(2)18-9-13-5-3-6-14(10-18)16(13)17-15-7-4-8-21(19,20)11-15/h12-17H,3-11H2,1-2H3. The van der Waals surface area contributed by atoms with Crippen LogP contribution in [0, 0.1) is 11.8 Å². The van der Waals surface area contributed by atoms with Crippen molar-refractivity contribution in [1.29, 1.82) is 0 Å². The van der Waals surface area contributed by atoms with Crippen molar-refractivity contribution in [1.82, 2.24) is 10.2 Å². The van der Waals surface area contributed by atoms with E-state index in [4.69, 9.17) is 0 Å². The van der Waals surface area contributed by atoms with E-state index in [-0.39, 0.29) is 6.04 Å². The molecule has 3 rings (SSSR count). The summed E-state index contributed by atoms with van der Waals surface area (Å²) in [5.74, 6) is 2.18. The molecule has 1 N–H and O–H groups in total. The Morgan fingerprint density at radius 3 is 2.29 bits per heavy atom. The van der Waals surface area contributed by atoms with Gasteiger partial charge in [-0.1, -0.05) is 6.42 Å². The molecule has 4 nitrogen and oxygen atoms in total. The van der Waals surface area contributed by atoms with Crippen LogP contribution in [0.25, 0.3) is 0 Å². The lowest BCUT2D eigenvalue weighted by Crippen LogP contribution is -2.61. The fourth-order valence-electron chi connectivity index (χ4n) is 4.59. The summed E-state index contributed by atoms with van der Waals surface area (Å²) in [7, 11) is -2.80. The topological polar surface area (TPSA) is 49.4 Å². The number of hydrogen-bond donors (Lipinski definition) is 1. The Kier molecular flexibility index (Phi) is 4.63. The number of nitrogens with zero attached hydrogens (tertiary/aromatic N) is 1. The van der Waals surface area contributed by atoms with E-state index in [9.17, 15) is 8.42 Å². The summed E-state index contributed by atoms with van der Waals surface area (Å²) in [5.41, 5.74) is 0. The van der Waals surface area contributed by atoms with Gasteiger partial charge in [0.1, 0.15) is 0 Å². The number of fused-ring (bicyclic) bond motifs is 2. The van der Waals surface area contributed by atoms with Gasteiger partial charge >= 0.3 is 0 Å². The third kappa shape index (κ3) is 3.62. The number of hydrogen-bond acceptors (Lipinski definition) is 4. The Morgan fingerprint density at radius 1 is 1.05 bits per heavy atom. The fourth-order valence-corrected chi connectivity index (χ4v) is 6.24. The van der Waals surface area contributed by atoms with Crippen molar-refractivity contribution in [2.75, 3.05) is 24.6 Å². The third-order valence-electron chi connectivity index (χ3n) is 5.73. The van der Waals surface area contributed by atoms with E-state index >= 15 is 0 Å². The van der Waals surface area contributed by atoms with Crippen molar-refractivity contribution in [3.8, 4) is 0 Å². The molecular formula is C16H30N2O2S. The second-order valence-corrected chi connectivity index (χ2v) is 9.87. The molecule has 2 saturated heterocycles. The normalized spacial score (nSPS) is 40.3. The van der Waals surface area contributed by atoms with Crippen LogP contribution in [0.2, 0.25) is 0 Å². The monoisotopic (exact) mass is 314 g/mol. The number of piperidine rings is 1. The summed E-state index contributed by atoms with van der Waals surface area (Å²) in [6.45, 7) is 6.95. The summed E-state index contributed by atoms with van der Waals surface area (Å²) in [6.07, 6.45) is 5.82. The van der Waals surface area contributed by atoms with Gasteiger partial charge in [-0.25, -0.2) is 8.42 Å². The molecule has 3 atom stereocenters. The van der Waals surface area contributed by atoms with E-state index in [0.717, 1.165) is 12.8 Å². The molecule has 21 heavy (non-hydrogen) atoms. The number of rotatable bonds is 3. The minimum atomic E-state index is -2.80. The first-order valence-corrected chi connectivity index (χ1v) is 10.5. The van der Waals surface area contributed by atoms with E-state index in [0.29, 0.717) is 35.4 Å². The van der Waals surface area contributed by atoms with Crippen LogP contribution in [0.15, 0.2) is 0 Å². The molecule has 0 aromatic carbocycles. The number of likely N-dealkylation sites (tertiary alicyclic amines) is 1. The quantitative estimate of drug-likeness (QED) is 0.861. The van der Waals surface area contributed by atoms with Gasteiger partial charge in [-0.15, -0.1) is 0 Å². The maximum absolute atomic E-state index is 11.8. The van der Waals surface area contributed by atoms with E-state index in [2.05, 4.69) is 24.1 Å². The van der Waals surface area contributed by atoms with Crippen LogP contribution >= 0.6 is 0 Å². The predicted molar refractivity (Wildman–Crippen MR) is 86.1 cm³/mol. The SMILES string of the molecule is CC(C)N1CC2CCCC(C1)C2NC1CCCS(=O)(=O)C1. The highest BCUT2D eigenvalue weighted by Crippen LogP contribution is 2.36. The molecule has 0 spiro atoms. The van der Waals surface area contributed by atoms with Gasteiger partial charge < -0.3 is 10.2 Å². The molecule has 0 aromatic rings. The van der Waals surface area contributed by atoms with E-state index in [1.165, 1.54) is 32.4 Å². The summed E-state index contributed by atoms with van der Waals surface area (Å²) in [4.78, 5) is 2.62. The number of sulfone groups is 1. The van der Waals surface area contributed by atoms with Gasteiger partial charge in [0.25, 0.3) is 0 Å². The largest absolute Gasteiger partial charge is 0.310 e. The summed E-state index contributed by atoms with van der Waals surface area (Å²) in [6, 6.07) is 1.37. The minimum Gasteiger partial charge on any atom is -0.310 e. The maximum atomic E-state index is 11.8. The van der Waals surface area contributed by atoms with Gasteiger partial charge in [-0.2, -0.15) is 0 Å². The van der Waals surface area contributed by atoms with Gasteiger partial charge in [-0.05, 0) is 51.4 Å². The van der Waals surface area contributed by atoms with Crippen LogP contribution in [-0.2, 0) is 9.84 Å². The molecule has 0 aromatic heterocycles. The van der Waals surface area contributed by atoms with Gasteiger partial charge in [0.05, 0.1) is 11.5 Å². The zero-order valence-corrected chi connectivity index (χ0v) is 14.2. The molecular weight excluding hydrogens is 284 g/mol. The van der Waals surface area contributed by atoms with Crippen LogP contribution in [0.5, 0.6) is 0 Å². The first-order chi connectivity index (χ1) is 9.94. The molecule has 3 aliphatic rings. The molecule has 2 bridgehead atoms. The molecule has 1 aliphatic carbocycles. The molecule has 2 aliphatic heterocycles. The Labute approximate surface area is 129 Å². The highest BCUT2D eigenvalue weighted by molar-refractivity contribution is 7.91. The molecule has 122 valence electrons. The maximum Gasteiger partial charge on any atom is 0.151 e. The molecule has 5 heteroatoms. The van der Waals surface area contributed by atoms with Crippen LogP contribution in [0.4, 0.5) is 0 Å². The Morgan fingerprint density at radius 2 is 1.71 bits per heavy atom. The summed E-state index contributed by atoms with van der Waals surface area (Å²) in [5, 5.41) is 3.77. The van der Waals surface area contributed by atoms with E-state index in [1.807, 2.05) is 0 Å². The Bertz CT molecular complexity index is 449. The van der Waals surface area contributed by atoms with Crippen molar-refractivity contribution in [3.63, 3.8) is 0 Å². The molecule has 0 amide bonds. The second-order valence-electron chi connectivity index (χ2n) is 7.64. The van der Waals surface area contributed by atoms with Crippen LogP contribution < -0.4 is 5.32 Å². The van der Waals surface area contributed by atoms with Gasteiger partial charge in [0.15, 0.2) is 9.84 Å². The van der Waals surface area contributed by atoms with Crippen molar-refractivity contribution < 1.29 is 8.42 Å². The van der Waals surface area contributed by atoms with Gasteiger partial charge in [-0.3, -0.25) is 0 Å². The Balaban J connectivity index is 1.65. The van der Waals surface area contributed by atoms with Crippen LogP contribution in [0.3, 0.4) is 0 Å². The zero-order valence-electron chi connectivity index (χ0n) is 13.4. The number of nitrogens with one attached hydrogen (secondary N) is 1. The average Bonchev–Trinajstić information content (AvgIpc) is 2.36. The molecule has 2 heterocycles. The first-order valence-electron chi connectivity index (χ1n) is 8.65. The van der Waals surface area contributed by atoms with Crippen molar-refractivity contribution in [3.05, 3.63) is 0 Å². The van der Waals surface area contributed by atoms with Crippen LogP contribution in [0.1, 0.15) is 46.0 Å². The summed E-state index contributed by atoms with van der Waals surface area (Å²) >= 11 is 0. The molecule has 3 fully saturated rings. The average molecular weight is 314 g/mol. The van der Waals surface area contributed by atoms with E-state index in [1.54, 1.807) is 0 Å². The third-order valence-corrected chi connectivity index (χ3v) is 7.55. The lowest BCUT2D eigenvalue weighted by molar-refractivity contribution is 0.0254. The van der Waals surface area contributed by atoms with E-state index < -0.39 is 9.84 Å². The second kappa shape index (κ2) is 6.17. The fraction of sp³-hybridized carbons (Fsp3) is 1.00. The van der Waals surface area contributed by atoms with Gasteiger partial charge in [0, 0.05) is 31.2 Å². The van der Waals surface area contributed by atoms with Crippen LogP contribution in [-0.4, -0.2) is 56.0 Å².